The third kappa shape index (κ3) is 5.48. The van der Waals surface area contributed by atoms with Gasteiger partial charge in [-0.15, -0.1) is 0 Å². The van der Waals surface area contributed by atoms with Gasteiger partial charge in [-0.25, -0.2) is 0 Å². The van der Waals surface area contributed by atoms with Gasteiger partial charge in [-0.1, -0.05) is 61.7 Å². The smallest absolute Gasteiger partial charge is 0.232 e. The maximum Gasteiger partial charge on any atom is 0.232 e. The highest BCUT2D eigenvalue weighted by Crippen LogP contribution is 2.44. The molecular formula is C31H41N2O2+. The molecule has 0 spiro atoms. The zero-order valence-electron chi connectivity index (χ0n) is 21.3. The number of piperidine rings is 1. The van der Waals surface area contributed by atoms with E-state index in [0.29, 0.717) is 0 Å². The first-order chi connectivity index (χ1) is 17.2. The van der Waals surface area contributed by atoms with Gasteiger partial charge in [0.25, 0.3) is 0 Å². The molecular weight excluding hydrogens is 432 g/mol. The van der Waals surface area contributed by atoms with Crippen LogP contribution in [0.5, 0.6) is 11.5 Å². The molecule has 5 rings (SSSR count). The van der Waals surface area contributed by atoms with Crippen molar-refractivity contribution in [3.05, 3.63) is 71.3 Å². The third-order valence-electron chi connectivity index (χ3n) is 8.54. The number of likely N-dealkylation sites (tertiary alicyclic amines) is 1. The Balaban J connectivity index is 1.25. The van der Waals surface area contributed by atoms with Gasteiger partial charge in [0.1, 0.15) is 18.0 Å². The summed E-state index contributed by atoms with van der Waals surface area (Å²) in [5.74, 6) is 1.38. The van der Waals surface area contributed by atoms with Gasteiger partial charge in [0, 0.05) is 30.0 Å². The second-order valence-electron chi connectivity index (χ2n) is 10.8. The Morgan fingerprint density at radius 1 is 0.914 bits per heavy atom. The second kappa shape index (κ2) is 11.0. The number of allylic oxidation sites excluding steroid dienone is 1. The maximum atomic E-state index is 13.7. The van der Waals surface area contributed by atoms with Crippen LogP contribution in [0.15, 0.2) is 60.2 Å². The number of hydrogen-bond acceptors (Lipinski definition) is 2. The summed E-state index contributed by atoms with van der Waals surface area (Å²) in [6.45, 7) is 7.04. The van der Waals surface area contributed by atoms with Crippen LogP contribution in [-0.2, 0) is 4.79 Å². The molecule has 1 fully saturated rings. The van der Waals surface area contributed by atoms with Gasteiger partial charge in [-0.05, 0) is 50.3 Å². The third-order valence-corrected chi connectivity index (χ3v) is 8.54. The van der Waals surface area contributed by atoms with E-state index in [1.54, 1.807) is 5.57 Å². The minimum atomic E-state index is -0.312. The number of fused-ring (bicyclic) bond motifs is 2. The molecule has 0 unspecified atom stereocenters. The first-order valence-electron chi connectivity index (χ1n) is 13.9. The van der Waals surface area contributed by atoms with Gasteiger partial charge in [0.2, 0.25) is 5.91 Å². The van der Waals surface area contributed by atoms with Gasteiger partial charge >= 0.3 is 0 Å². The number of nitrogens with one attached hydrogen (secondary N) is 1. The van der Waals surface area contributed by atoms with E-state index in [9.17, 15) is 4.79 Å². The van der Waals surface area contributed by atoms with Crippen LogP contribution in [0.2, 0.25) is 0 Å². The molecule has 1 aliphatic carbocycles. The van der Waals surface area contributed by atoms with Crippen molar-refractivity contribution in [1.29, 1.82) is 0 Å². The fourth-order valence-corrected chi connectivity index (χ4v) is 6.33. The zero-order chi connectivity index (χ0) is 24.1. The number of quaternary nitrogens is 1. The van der Waals surface area contributed by atoms with Crippen LogP contribution in [0.3, 0.4) is 0 Å². The summed E-state index contributed by atoms with van der Waals surface area (Å²) in [5, 5.41) is 3.44. The van der Waals surface area contributed by atoms with Crippen molar-refractivity contribution < 1.29 is 14.0 Å². The quantitative estimate of drug-likeness (QED) is 0.387. The summed E-state index contributed by atoms with van der Waals surface area (Å²) in [6.07, 6.45) is 14.1. The monoisotopic (exact) mass is 473 g/mol. The minimum Gasteiger partial charge on any atom is -0.457 e. The van der Waals surface area contributed by atoms with E-state index >= 15 is 0 Å². The molecule has 2 heterocycles. The number of nitrogens with zero attached hydrogens (tertiary/aromatic N) is 1. The summed E-state index contributed by atoms with van der Waals surface area (Å²) in [5.41, 5.74) is 3.61. The number of carbonyl (C=O) groups is 1. The molecule has 1 amide bonds. The number of likely N-dealkylation sites (N-methyl/N-ethyl adjacent to an activating group) is 1. The molecule has 0 aromatic heterocycles. The molecule has 2 aromatic carbocycles. The molecule has 2 aromatic rings. The molecule has 0 saturated carbocycles. The van der Waals surface area contributed by atoms with E-state index in [4.69, 9.17) is 4.74 Å². The molecule has 0 bridgehead atoms. The van der Waals surface area contributed by atoms with E-state index in [2.05, 4.69) is 18.3 Å². The van der Waals surface area contributed by atoms with Crippen LogP contribution in [-0.4, -0.2) is 42.6 Å². The number of para-hydroxylation sites is 2. The lowest BCUT2D eigenvalue weighted by Gasteiger charge is -2.44. The average Bonchev–Trinajstić information content (AvgIpc) is 3.02. The zero-order valence-corrected chi connectivity index (χ0v) is 21.3. The molecule has 3 aliphatic rings. The van der Waals surface area contributed by atoms with E-state index < -0.39 is 0 Å². The van der Waals surface area contributed by atoms with Gasteiger partial charge < -0.3 is 14.5 Å². The lowest BCUT2D eigenvalue weighted by molar-refractivity contribution is -0.927. The summed E-state index contributed by atoms with van der Waals surface area (Å²) in [7, 11) is 0. The summed E-state index contributed by atoms with van der Waals surface area (Å²) < 4.78 is 7.28. The Morgan fingerprint density at radius 3 is 2.23 bits per heavy atom. The van der Waals surface area contributed by atoms with E-state index in [1.165, 1.54) is 62.5 Å². The number of carbonyl (C=O) groups excluding carboxylic acids is 1. The lowest BCUT2D eigenvalue weighted by Crippen LogP contribution is -2.57. The van der Waals surface area contributed by atoms with Crippen molar-refractivity contribution in [3.8, 4) is 11.5 Å². The predicted octanol–water partition coefficient (Wildman–Crippen LogP) is 6.71. The van der Waals surface area contributed by atoms with Crippen molar-refractivity contribution in [3.63, 3.8) is 0 Å². The van der Waals surface area contributed by atoms with E-state index in [0.717, 1.165) is 48.6 Å². The van der Waals surface area contributed by atoms with Gasteiger partial charge in [-0.2, -0.15) is 0 Å². The topological polar surface area (TPSA) is 38.3 Å². The fourth-order valence-electron chi connectivity index (χ4n) is 6.33. The first-order valence-corrected chi connectivity index (χ1v) is 13.9. The van der Waals surface area contributed by atoms with Crippen molar-refractivity contribution in [1.82, 2.24) is 5.32 Å². The molecule has 1 N–H and O–H groups in total. The number of benzene rings is 2. The molecule has 4 heteroatoms. The van der Waals surface area contributed by atoms with Crippen LogP contribution in [0.25, 0.3) is 0 Å². The lowest BCUT2D eigenvalue weighted by atomic mass is 9.86. The number of amides is 1. The molecule has 0 atom stereocenters. The number of ether oxygens (including phenoxy) is 1. The largest absolute Gasteiger partial charge is 0.457 e. The molecule has 1 saturated heterocycles. The molecule has 35 heavy (non-hydrogen) atoms. The van der Waals surface area contributed by atoms with E-state index in [1.807, 2.05) is 48.5 Å². The predicted molar refractivity (Wildman–Crippen MR) is 142 cm³/mol. The minimum absolute atomic E-state index is 0.105. The highest BCUT2D eigenvalue weighted by molar-refractivity contribution is 5.89. The van der Waals surface area contributed by atoms with Gasteiger partial charge in [0.05, 0.1) is 25.6 Å². The molecule has 0 radical (unpaired) electrons. The Morgan fingerprint density at radius 2 is 1.54 bits per heavy atom. The first kappa shape index (κ1) is 24.1. The fraction of sp³-hybridized carbons (Fsp3) is 0.516. The summed E-state index contributed by atoms with van der Waals surface area (Å²) >= 11 is 0. The highest BCUT2D eigenvalue weighted by atomic mass is 16.5. The number of rotatable bonds is 5. The van der Waals surface area contributed by atoms with Crippen LogP contribution < -0.4 is 10.1 Å². The van der Waals surface area contributed by atoms with Crippen molar-refractivity contribution in [2.24, 2.45) is 0 Å². The number of hydrogen-bond donors (Lipinski definition) is 1. The highest BCUT2D eigenvalue weighted by Gasteiger charge is 2.37. The van der Waals surface area contributed by atoms with E-state index in [-0.39, 0.29) is 17.9 Å². The summed E-state index contributed by atoms with van der Waals surface area (Å²) in [6, 6.07) is 16.2. The van der Waals surface area contributed by atoms with Gasteiger partial charge in [0.15, 0.2) is 0 Å². The summed E-state index contributed by atoms with van der Waals surface area (Å²) in [4.78, 5) is 13.7. The van der Waals surface area contributed by atoms with Crippen LogP contribution >= 0.6 is 0 Å². The standard InChI is InChI=1S/C31H40N2O2/c1-2-33(23-24-13-7-5-3-4-6-8-14-24)21-19-25(20-22-33)32-31(34)30-26-15-9-11-17-28(26)35-29-18-12-10-16-27(29)30/h9-13,15-18,25,30H,2-8,14,19-23H2,1H3/p+1/b24-13-. The molecule has 2 aliphatic heterocycles. The average molecular weight is 474 g/mol. The normalized spacial score (nSPS) is 26.5. The second-order valence-corrected chi connectivity index (χ2v) is 10.8. The molecule has 4 nitrogen and oxygen atoms in total. The Bertz CT molecular complexity index is 1010. The SMILES string of the molecule is CC[N+]1(C/C2=C\CCCCCCC2)CCC(NC(=O)C2c3ccccc3Oc3ccccc32)CC1. The Hall–Kier alpha value is -2.59. The van der Waals surface area contributed by atoms with Crippen molar-refractivity contribution in [2.45, 2.75) is 76.7 Å². The van der Waals surface area contributed by atoms with Crippen LogP contribution in [0.1, 0.15) is 81.8 Å². The van der Waals surface area contributed by atoms with Crippen molar-refractivity contribution >= 4 is 5.91 Å². The Kier molecular flexibility index (Phi) is 7.57. The van der Waals surface area contributed by atoms with Gasteiger partial charge in [-0.3, -0.25) is 4.79 Å². The Labute approximate surface area is 211 Å². The maximum absolute atomic E-state index is 13.7. The van der Waals surface area contributed by atoms with Crippen LogP contribution in [0.4, 0.5) is 0 Å². The van der Waals surface area contributed by atoms with Crippen molar-refractivity contribution in [2.75, 3.05) is 26.2 Å². The molecule has 186 valence electrons. The van der Waals surface area contributed by atoms with Crippen LogP contribution in [0, 0.1) is 0 Å².